The van der Waals surface area contributed by atoms with Crippen molar-refractivity contribution in [3.8, 4) is 0 Å². The molecule has 0 atom stereocenters. The van der Waals surface area contributed by atoms with E-state index in [1.54, 1.807) is 0 Å². The zero-order valence-electron chi connectivity index (χ0n) is 9.89. The molecule has 1 aromatic rings. The molecule has 0 aliphatic heterocycles. The molecule has 0 saturated heterocycles. The summed E-state index contributed by atoms with van der Waals surface area (Å²) in [5.74, 6) is 0. The molecule has 17 heavy (non-hydrogen) atoms. The maximum absolute atomic E-state index is 10.4. The molecule has 0 radical (unpaired) electrons. The lowest BCUT2D eigenvalue weighted by molar-refractivity contribution is -0.410. The van der Waals surface area contributed by atoms with E-state index in [0.717, 1.165) is 24.3 Å². The smallest absolute Gasteiger partial charge is 0.337 e. The van der Waals surface area contributed by atoms with E-state index in [0.29, 0.717) is 0 Å². The lowest BCUT2D eigenvalue weighted by atomic mass is 10.2. The fourth-order valence-electron chi connectivity index (χ4n) is 1.56. The van der Waals surface area contributed by atoms with E-state index in [2.05, 4.69) is 18.7 Å². The highest BCUT2D eigenvalue weighted by atomic mass is 35.5. The summed E-state index contributed by atoms with van der Waals surface area (Å²) in [7, 11) is 0. The maximum atomic E-state index is 10.4. The molecule has 0 aliphatic carbocycles. The van der Waals surface area contributed by atoms with Crippen LogP contribution in [-0.2, 0) is 0 Å². The monoisotopic (exact) mass is 254 g/mol. The first kappa shape index (κ1) is 13.5. The lowest BCUT2D eigenvalue weighted by Crippen LogP contribution is -2.21. The van der Waals surface area contributed by atoms with Crippen LogP contribution in [0.4, 0.5) is 5.69 Å². The van der Waals surface area contributed by atoms with Gasteiger partial charge in [-0.05, 0) is 43.1 Å². The first-order valence-corrected chi connectivity index (χ1v) is 5.82. The third-order valence-corrected chi connectivity index (χ3v) is 2.73. The normalized spacial score (nSPS) is 11.4. The van der Waals surface area contributed by atoms with E-state index < -0.39 is 4.92 Å². The molecular weight excluding hydrogens is 240 g/mol. The highest BCUT2D eigenvalue weighted by Crippen LogP contribution is 2.17. The molecule has 1 aromatic carbocycles. The molecule has 0 fully saturated rings. The Hall–Kier alpha value is -1.55. The van der Waals surface area contributed by atoms with Crippen LogP contribution in [0.3, 0.4) is 0 Å². The largest absolute Gasteiger partial charge is 0.372 e. The molecular formula is C12H15ClN2O2. The fourth-order valence-corrected chi connectivity index (χ4v) is 1.69. The van der Waals surface area contributed by atoms with Crippen LogP contribution in [0, 0.1) is 10.1 Å². The molecule has 1 rings (SSSR count). The number of nitro groups is 1. The van der Waals surface area contributed by atoms with Crippen LogP contribution in [-0.4, -0.2) is 18.0 Å². The third-order valence-electron chi connectivity index (χ3n) is 2.48. The summed E-state index contributed by atoms with van der Waals surface area (Å²) in [6, 6.07) is 7.50. The van der Waals surface area contributed by atoms with Gasteiger partial charge in [0.25, 0.3) is 0 Å². The van der Waals surface area contributed by atoms with Crippen LogP contribution in [0.5, 0.6) is 0 Å². The number of nitrogens with zero attached hydrogens (tertiary/aromatic N) is 2. The predicted octanol–water partition coefficient (Wildman–Crippen LogP) is 3.35. The van der Waals surface area contributed by atoms with Crippen LogP contribution in [0.2, 0.25) is 0 Å². The second kappa shape index (κ2) is 6.25. The van der Waals surface area contributed by atoms with Gasteiger partial charge in [-0.15, -0.1) is 0 Å². The average Bonchev–Trinajstić information content (AvgIpc) is 2.32. The molecule has 0 aromatic heterocycles. The molecule has 5 heteroatoms. The van der Waals surface area contributed by atoms with Gasteiger partial charge in [-0.25, -0.2) is 0 Å². The molecule has 92 valence electrons. The average molecular weight is 255 g/mol. The first-order valence-electron chi connectivity index (χ1n) is 5.45. The van der Waals surface area contributed by atoms with E-state index in [-0.39, 0.29) is 5.16 Å². The molecule has 0 unspecified atom stereocenters. The molecule has 0 amide bonds. The minimum absolute atomic E-state index is 0.374. The van der Waals surface area contributed by atoms with Crippen molar-refractivity contribution >= 4 is 23.4 Å². The van der Waals surface area contributed by atoms with E-state index in [1.807, 2.05) is 24.3 Å². The lowest BCUT2D eigenvalue weighted by Gasteiger charge is -2.20. The van der Waals surface area contributed by atoms with Gasteiger partial charge >= 0.3 is 5.16 Å². The Bertz CT molecular complexity index is 411. The van der Waals surface area contributed by atoms with Crippen LogP contribution in [0.25, 0.3) is 6.08 Å². The molecule has 0 N–H and O–H groups in total. The Balaban J connectivity index is 2.88. The van der Waals surface area contributed by atoms with Crippen molar-refractivity contribution < 1.29 is 4.92 Å². The third kappa shape index (κ3) is 3.75. The quantitative estimate of drug-likeness (QED) is 0.460. The summed E-state index contributed by atoms with van der Waals surface area (Å²) in [6.45, 7) is 6.03. The number of halogens is 1. The zero-order chi connectivity index (χ0) is 12.8. The van der Waals surface area contributed by atoms with Crippen molar-refractivity contribution in [1.29, 1.82) is 0 Å². The summed E-state index contributed by atoms with van der Waals surface area (Å²) < 4.78 is 0. The summed E-state index contributed by atoms with van der Waals surface area (Å²) in [5.41, 5.74) is 1.83. The summed E-state index contributed by atoms with van der Waals surface area (Å²) in [4.78, 5) is 12.0. The summed E-state index contributed by atoms with van der Waals surface area (Å²) in [5, 5.41) is 9.99. The molecule has 0 bridgehead atoms. The minimum Gasteiger partial charge on any atom is -0.372 e. The molecule has 0 spiro atoms. The SMILES string of the molecule is CCN(CC)c1ccc(/C=C(/Cl)[N+](=O)[O-])cc1. The molecule has 0 heterocycles. The van der Waals surface area contributed by atoms with Gasteiger partial charge in [0.15, 0.2) is 0 Å². The Morgan fingerprint density at radius 2 is 1.88 bits per heavy atom. The molecule has 0 aliphatic rings. The highest BCUT2D eigenvalue weighted by molar-refractivity contribution is 6.29. The van der Waals surface area contributed by atoms with Crippen molar-refractivity contribution in [3.05, 3.63) is 45.1 Å². The van der Waals surface area contributed by atoms with Gasteiger partial charge in [-0.2, -0.15) is 0 Å². The topological polar surface area (TPSA) is 46.4 Å². The van der Waals surface area contributed by atoms with Crippen LogP contribution < -0.4 is 4.90 Å². The Labute approximate surface area is 106 Å². The van der Waals surface area contributed by atoms with Crippen molar-refractivity contribution in [2.45, 2.75) is 13.8 Å². The zero-order valence-corrected chi connectivity index (χ0v) is 10.6. The second-order valence-corrected chi connectivity index (χ2v) is 3.88. The van der Waals surface area contributed by atoms with Crippen molar-refractivity contribution in [3.63, 3.8) is 0 Å². The van der Waals surface area contributed by atoms with Crippen LogP contribution >= 0.6 is 11.6 Å². The molecule has 0 saturated carbocycles. The van der Waals surface area contributed by atoms with Crippen molar-refractivity contribution in [2.75, 3.05) is 18.0 Å². The highest BCUT2D eigenvalue weighted by Gasteiger charge is 2.06. The number of hydrogen-bond donors (Lipinski definition) is 0. The van der Waals surface area contributed by atoms with E-state index in [4.69, 9.17) is 11.6 Å². The van der Waals surface area contributed by atoms with Gasteiger partial charge in [-0.3, -0.25) is 10.1 Å². The van der Waals surface area contributed by atoms with E-state index in [1.165, 1.54) is 6.08 Å². The Kier molecular flexibility index (Phi) is 4.97. The number of anilines is 1. The number of benzene rings is 1. The van der Waals surface area contributed by atoms with Gasteiger partial charge in [-0.1, -0.05) is 12.1 Å². The van der Waals surface area contributed by atoms with Crippen molar-refractivity contribution in [2.24, 2.45) is 0 Å². The van der Waals surface area contributed by atoms with E-state index >= 15 is 0 Å². The number of rotatable bonds is 5. The van der Waals surface area contributed by atoms with Gasteiger partial charge < -0.3 is 4.90 Å². The van der Waals surface area contributed by atoms with Gasteiger partial charge in [0.1, 0.15) is 0 Å². The Morgan fingerprint density at radius 3 is 2.29 bits per heavy atom. The first-order chi connectivity index (χ1) is 8.08. The van der Waals surface area contributed by atoms with Crippen LogP contribution in [0.15, 0.2) is 29.4 Å². The molecule has 4 nitrogen and oxygen atoms in total. The maximum Gasteiger partial charge on any atom is 0.337 e. The Morgan fingerprint density at radius 1 is 1.35 bits per heavy atom. The van der Waals surface area contributed by atoms with Gasteiger partial charge in [0.2, 0.25) is 0 Å². The summed E-state index contributed by atoms with van der Waals surface area (Å²) in [6.07, 6.45) is 1.34. The predicted molar refractivity (Wildman–Crippen MR) is 70.8 cm³/mol. The van der Waals surface area contributed by atoms with Crippen molar-refractivity contribution in [1.82, 2.24) is 0 Å². The van der Waals surface area contributed by atoms with Gasteiger partial charge in [0, 0.05) is 24.9 Å². The standard InChI is InChI=1S/C12H15ClN2O2/c1-3-14(4-2)11-7-5-10(6-8-11)9-12(13)15(16)17/h5-9H,3-4H2,1-2H3/b12-9-. The summed E-state index contributed by atoms with van der Waals surface area (Å²) >= 11 is 5.46. The fraction of sp³-hybridized carbons (Fsp3) is 0.333. The minimum atomic E-state index is -0.611. The number of hydrogen-bond acceptors (Lipinski definition) is 3. The van der Waals surface area contributed by atoms with E-state index in [9.17, 15) is 10.1 Å². The second-order valence-electron chi connectivity index (χ2n) is 3.49. The van der Waals surface area contributed by atoms with Crippen LogP contribution in [0.1, 0.15) is 19.4 Å². The van der Waals surface area contributed by atoms with Gasteiger partial charge in [0.05, 0.1) is 4.92 Å².